The number of benzene rings is 2. The average Bonchev–Trinajstić information content (AvgIpc) is 2.89. The molecule has 3 amide bonds. The Kier molecular flexibility index (Phi) is 10.1. The quantitative estimate of drug-likeness (QED) is 0.173. The molecule has 0 aliphatic carbocycles. The molecule has 3 rings (SSSR count). The van der Waals surface area contributed by atoms with Crippen LogP contribution in [0.1, 0.15) is 37.9 Å². The molecular weight excluding hydrogens is 576 g/mol. The number of urea groups is 1. The molecule has 39 heavy (non-hydrogen) atoms. The van der Waals surface area contributed by atoms with Crippen molar-refractivity contribution in [3.05, 3.63) is 57.2 Å². The Hall–Kier alpha value is -4.26. The number of hydrogen-bond donors (Lipinski definition) is 4. The summed E-state index contributed by atoms with van der Waals surface area (Å²) in [6.07, 6.45) is 1.39. The molecule has 13 heteroatoms. The van der Waals surface area contributed by atoms with Crippen molar-refractivity contribution >= 4 is 40.1 Å². The van der Waals surface area contributed by atoms with Crippen LogP contribution >= 0.6 is 15.9 Å². The maximum absolute atomic E-state index is 12.6. The summed E-state index contributed by atoms with van der Waals surface area (Å²) in [5, 5.41) is 19.1. The van der Waals surface area contributed by atoms with Crippen molar-refractivity contribution < 1.29 is 38.4 Å². The fourth-order valence-corrected chi connectivity index (χ4v) is 4.12. The van der Waals surface area contributed by atoms with E-state index in [1.165, 1.54) is 19.4 Å². The van der Waals surface area contributed by atoms with Crippen molar-refractivity contribution in [3.63, 3.8) is 0 Å². The average molecular weight is 605 g/mol. The molecule has 0 radical (unpaired) electrons. The van der Waals surface area contributed by atoms with Crippen LogP contribution in [0.5, 0.6) is 23.0 Å². The van der Waals surface area contributed by atoms with Crippen LogP contribution in [0.15, 0.2) is 51.2 Å². The van der Waals surface area contributed by atoms with Crippen LogP contribution < -0.4 is 30.3 Å². The maximum Gasteiger partial charge on any atom is 0.338 e. The molecule has 1 atom stereocenters. The summed E-state index contributed by atoms with van der Waals surface area (Å²) in [6, 6.07) is 6.63. The van der Waals surface area contributed by atoms with Crippen LogP contribution in [-0.2, 0) is 14.3 Å². The van der Waals surface area contributed by atoms with Gasteiger partial charge in [-0.1, -0.05) is 6.07 Å². The lowest BCUT2D eigenvalue weighted by molar-refractivity contribution is -0.139. The third-order valence-corrected chi connectivity index (χ3v) is 6.10. The third-order valence-electron chi connectivity index (χ3n) is 5.42. The van der Waals surface area contributed by atoms with E-state index in [1.807, 2.05) is 0 Å². The highest BCUT2D eigenvalue weighted by Gasteiger charge is 2.32. The summed E-state index contributed by atoms with van der Waals surface area (Å²) in [6.45, 7) is 5.29. The van der Waals surface area contributed by atoms with Crippen LogP contribution in [0.2, 0.25) is 0 Å². The molecule has 0 unspecified atom stereocenters. The fourth-order valence-electron chi connectivity index (χ4n) is 3.68. The summed E-state index contributed by atoms with van der Waals surface area (Å²) in [7, 11) is 1.43. The van der Waals surface area contributed by atoms with Crippen LogP contribution in [0.25, 0.3) is 0 Å². The first kappa shape index (κ1) is 29.3. The van der Waals surface area contributed by atoms with Crippen molar-refractivity contribution in [2.45, 2.75) is 26.8 Å². The molecule has 1 aliphatic rings. The van der Waals surface area contributed by atoms with Gasteiger partial charge in [-0.2, -0.15) is 5.10 Å². The molecule has 1 aliphatic heterocycles. The largest absolute Gasteiger partial charge is 0.504 e. The predicted octanol–water partition coefficient (Wildman–Crippen LogP) is 3.28. The number of amides is 3. The minimum absolute atomic E-state index is 0.0240. The van der Waals surface area contributed by atoms with Crippen LogP contribution in [0, 0.1) is 0 Å². The Balaban J connectivity index is 1.68. The van der Waals surface area contributed by atoms with E-state index in [1.54, 1.807) is 45.0 Å². The van der Waals surface area contributed by atoms with Gasteiger partial charge in [0.15, 0.2) is 29.6 Å². The SMILES string of the molecule is CCOC(=O)C1=C(C)NC(=O)N[C@@H]1c1ccc(OCC(=O)N/N=C\c2cc(OCC)c(O)cc2Br)c(OC)c1. The van der Waals surface area contributed by atoms with E-state index in [2.05, 4.69) is 37.1 Å². The van der Waals surface area contributed by atoms with E-state index >= 15 is 0 Å². The zero-order valence-corrected chi connectivity index (χ0v) is 23.4. The zero-order valence-electron chi connectivity index (χ0n) is 21.8. The summed E-state index contributed by atoms with van der Waals surface area (Å²) < 4.78 is 22.1. The summed E-state index contributed by atoms with van der Waals surface area (Å²) in [4.78, 5) is 37.0. The summed E-state index contributed by atoms with van der Waals surface area (Å²) >= 11 is 3.32. The van der Waals surface area contributed by atoms with Crippen molar-refractivity contribution in [2.75, 3.05) is 26.9 Å². The molecule has 12 nitrogen and oxygen atoms in total. The van der Waals surface area contributed by atoms with E-state index in [4.69, 9.17) is 18.9 Å². The van der Waals surface area contributed by atoms with Gasteiger partial charge in [0.1, 0.15) is 0 Å². The minimum atomic E-state index is -0.777. The number of methoxy groups -OCH3 is 1. The van der Waals surface area contributed by atoms with Gasteiger partial charge in [-0.3, -0.25) is 4.79 Å². The highest BCUT2D eigenvalue weighted by Crippen LogP contribution is 2.35. The van der Waals surface area contributed by atoms with Gasteiger partial charge < -0.3 is 34.7 Å². The van der Waals surface area contributed by atoms with E-state index in [0.717, 1.165) is 0 Å². The smallest absolute Gasteiger partial charge is 0.338 e. The number of aromatic hydroxyl groups is 1. The lowest BCUT2D eigenvalue weighted by Gasteiger charge is -2.28. The maximum atomic E-state index is 12.6. The third kappa shape index (κ3) is 7.41. The summed E-state index contributed by atoms with van der Waals surface area (Å²) in [5.74, 6) is -0.278. The van der Waals surface area contributed by atoms with Gasteiger partial charge >= 0.3 is 12.0 Å². The number of allylic oxidation sites excluding steroid dienone is 1. The van der Waals surface area contributed by atoms with Crippen molar-refractivity contribution in [1.29, 1.82) is 0 Å². The Morgan fingerprint density at radius 2 is 1.90 bits per heavy atom. The van der Waals surface area contributed by atoms with Crippen molar-refractivity contribution in [2.24, 2.45) is 5.10 Å². The topological polar surface area (TPSA) is 157 Å². The zero-order chi connectivity index (χ0) is 28.5. The van der Waals surface area contributed by atoms with E-state index in [0.29, 0.717) is 27.9 Å². The number of phenols is 1. The van der Waals surface area contributed by atoms with Gasteiger partial charge in [-0.15, -0.1) is 0 Å². The lowest BCUT2D eigenvalue weighted by atomic mass is 9.95. The van der Waals surface area contributed by atoms with E-state index in [-0.39, 0.29) is 41.8 Å². The molecule has 0 aromatic heterocycles. The van der Waals surface area contributed by atoms with Crippen molar-refractivity contribution in [3.8, 4) is 23.0 Å². The molecule has 2 aromatic rings. The first-order chi connectivity index (χ1) is 18.7. The first-order valence-electron chi connectivity index (χ1n) is 11.9. The molecule has 4 N–H and O–H groups in total. The number of hydrogen-bond acceptors (Lipinski definition) is 9. The van der Waals surface area contributed by atoms with Crippen LogP contribution in [0.3, 0.4) is 0 Å². The number of carbonyl (C=O) groups is 3. The first-order valence-corrected chi connectivity index (χ1v) is 12.7. The monoisotopic (exact) mass is 604 g/mol. The highest BCUT2D eigenvalue weighted by atomic mass is 79.9. The van der Waals surface area contributed by atoms with E-state index in [9.17, 15) is 19.5 Å². The van der Waals surface area contributed by atoms with Crippen LogP contribution in [0.4, 0.5) is 4.79 Å². The van der Waals surface area contributed by atoms with Gasteiger partial charge in [-0.25, -0.2) is 15.0 Å². The number of phenolic OH excluding ortho intramolecular Hbond substituents is 1. The molecule has 2 aromatic carbocycles. The Morgan fingerprint density at radius 1 is 1.13 bits per heavy atom. The Labute approximate surface area is 233 Å². The summed E-state index contributed by atoms with van der Waals surface area (Å²) in [5.41, 5.74) is 4.13. The highest BCUT2D eigenvalue weighted by molar-refractivity contribution is 9.10. The van der Waals surface area contributed by atoms with Gasteiger partial charge in [-0.05, 0) is 66.5 Å². The van der Waals surface area contributed by atoms with Crippen LogP contribution in [-0.4, -0.2) is 56.2 Å². The molecule has 0 saturated carbocycles. The molecule has 0 fully saturated rings. The number of rotatable bonds is 11. The lowest BCUT2D eigenvalue weighted by Crippen LogP contribution is -2.45. The minimum Gasteiger partial charge on any atom is -0.504 e. The number of esters is 1. The van der Waals surface area contributed by atoms with Gasteiger partial charge in [0.2, 0.25) is 0 Å². The molecule has 1 heterocycles. The molecule has 0 bridgehead atoms. The number of ether oxygens (including phenoxy) is 4. The number of halogens is 1. The number of carbonyl (C=O) groups excluding carboxylic acids is 3. The fraction of sp³-hybridized carbons (Fsp3) is 0.308. The van der Waals surface area contributed by atoms with E-state index < -0.39 is 23.9 Å². The second-order valence-corrected chi connectivity index (χ2v) is 8.91. The number of hydrazone groups is 1. The van der Waals surface area contributed by atoms with Crippen molar-refractivity contribution in [1.82, 2.24) is 16.1 Å². The Bertz CT molecular complexity index is 1310. The van der Waals surface area contributed by atoms with Gasteiger partial charge in [0.25, 0.3) is 5.91 Å². The van der Waals surface area contributed by atoms with Gasteiger partial charge in [0, 0.05) is 15.7 Å². The number of nitrogens with one attached hydrogen (secondary N) is 3. The molecular formula is C26H29BrN4O8. The standard InChI is InChI=1S/C26H29BrN4O8/c1-5-37-20-10-16(17(27)11-18(20)32)12-28-31-22(33)13-39-19-8-7-15(9-21(19)36-4)24-23(25(34)38-6-2)14(3)29-26(35)30-24/h7-12,24,32H,5-6,13H2,1-4H3,(H,31,33)(H2,29,30,35)/b28-12-/t24-/m1/s1. The second-order valence-electron chi connectivity index (χ2n) is 8.06. The molecule has 208 valence electrons. The number of nitrogens with zero attached hydrogens (tertiary/aromatic N) is 1. The molecule has 0 saturated heterocycles. The molecule has 0 spiro atoms. The normalized spacial score (nSPS) is 14.9. The Morgan fingerprint density at radius 3 is 2.59 bits per heavy atom. The predicted molar refractivity (Wildman–Crippen MR) is 145 cm³/mol. The second kappa shape index (κ2) is 13.5. The van der Waals surface area contributed by atoms with Gasteiger partial charge in [0.05, 0.1) is 38.2 Å².